The van der Waals surface area contributed by atoms with Gasteiger partial charge in [-0.15, -0.1) is 0 Å². The Labute approximate surface area is 207 Å². The van der Waals surface area contributed by atoms with Gasteiger partial charge in [0.15, 0.2) is 12.4 Å². The van der Waals surface area contributed by atoms with E-state index in [1.165, 1.54) is 0 Å². The summed E-state index contributed by atoms with van der Waals surface area (Å²) in [6, 6.07) is 23.0. The maximum absolute atomic E-state index is 12.9. The van der Waals surface area contributed by atoms with E-state index in [0.717, 1.165) is 23.1 Å². The third-order valence-corrected chi connectivity index (χ3v) is 5.92. The Hall–Kier alpha value is -3.73. The monoisotopic (exact) mass is 471 g/mol. The van der Waals surface area contributed by atoms with Crippen molar-refractivity contribution in [1.29, 1.82) is 0 Å². The molecule has 5 nitrogen and oxygen atoms in total. The summed E-state index contributed by atoms with van der Waals surface area (Å²) >= 11 is 0. The summed E-state index contributed by atoms with van der Waals surface area (Å²) in [4.78, 5) is 38.4. The Morgan fingerprint density at radius 1 is 0.800 bits per heavy atom. The van der Waals surface area contributed by atoms with Gasteiger partial charge in [-0.1, -0.05) is 94.4 Å². The molecule has 3 aromatic rings. The van der Waals surface area contributed by atoms with Gasteiger partial charge < -0.3 is 10.1 Å². The molecular weight excluding hydrogens is 438 g/mol. The fourth-order valence-electron chi connectivity index (χ4n) is 3.65. The fraction of sp³-hybridized carbons (Fsp3) is 0.300. The lowest BCUT2D eigenvalue weighted by atomic mass is 9.86. The van der Waals surface area contributed by atoms with Crippen LogP contribution in [0, 0.1) is 0 Å². The highest BCUT2D eigenvalue weighted by atomic mass is 16.5. The Balaban J connectivity index is 1.70. The van der Waals surface area contributed by atoms with E-state index in [2.05, 4.69) is 26.1 Å². The molecule has 0 aliphatic rings. The predicted octanol–water partition coefficient (Wildman–Crippen LogP) is 5.31. The second-order valence-electron chi connectivity index (χ2n) is 9.62. The lowest BCUT2D eigenvalue weighted by Gasteiger charge is -2.20. The molecule has 0 bridgehead atoms. The van der Waals surface area contributed by atoms with Crippen LogP contribution in [0.1, 0.15) is 65.1 Å². The van der Waals surface area contributed by atoms with Crippen LogP contribution in [-0.4, -0.2) is 30.3 Å². The van der Waals surface area contributed by atoms with E-state index in [0.29, 0.717) is 11.1 Å². The molecule has 3 rings (SSSR count). The van der Waals surface area contributed by atoms with Crippen molar-refractivity contribution in [2.75, 3.05) is 6.61 Å². The van der Waals surface area contributed by atoms with Gasteiger partial charge >= 0.3 is 5.97 Å². The number of carbonyl (C=O) groups excluding carboxylic acids is 3. The number of benzene rings is 3. The van der Waals surface area contributed by atoms with E-state index >= 15 is 0 Å². The van der Waals surface area contributed by atoms with Gasteiger partial charge in [-0.05, 0) is 40.7 Å². The molecule has 0 saturated heterocycles. The van der Waals surface area contributed by atoms with Gasteiger partial charge in [-0.25, -0.2) is 4.79 Å². The molecule has 1 unspecified atom stereocenters. The number of hydrogen-bond acceptors (Lipinski definition) is 4. The molecule has 5 heteroatoms. The molecule has 0 fully saturated rings. The van der Waals surface area contributed by atoms with Crippen molar-refractivity contribution in [2.24, 2.45) is 0 Å². The van der Waals surface area contributed by atoms with Gasteiger partial charge in [0, 0.05) is 17.5 Å². The van der Waals surface area contributed by atoms with Crippen LogP contribution in [0.2, 0.25) is 0 Å². The maximum Gasteiger partial charge on any atom is 0.329 e. The van der Waals surface area contributed by atoms with Gasteiger partial charge in [0.05, 0.1) is 0 Å². The van der Waals surface area contributed by atoms with Crippen molar-refractivity contribution >= 4 is 17.7 Å². The third-order valence-electron chi connectivity index (χ3n) is 5.92. The summed E-state index contributed by atoms with van der Waals surface area (Å²) in [6.45, 7) is 7.97. The lowest BCUT2D eigenvalue weighted by molar-refractivity contribution is -0.144. The largest absolute Gasteiger partial charge is 0.456 e. The standard InChI is InChI=1S/C30H33NO4/c1-5-21-11-13-23(14-12-21)27(32)20-35-29(34)26(19-22-9-7-6-8-10-22)31-28(33)24-15-17-25(18-16-24)30(2,3)4/h6-18,26H,5,19-20H2,1-4H3,(H,31,33). The fourth-order valence-corrected chi connectivity index (χ4v) is 3.65. The van der Waals surface area contributed by atoms with Crippen LogP contribution in [0.3, 0.4) is 0 Å². The number of ketones is 1. The number of carbonyl (C=O) groups is 3. The molecule has 182 valence electrons. The second kappa shape index (κ2) is 11.6. The first kappa shape index (κ1) is 25.9. The normalized spacial score (nSPS) is 12.0. The van der Waals surface area contributed by atoms with Crippen LogP contribution < -0.4 is 5.32 Å². The number of Topliss-reactive ketones (excluding diaryl/α,β-unsaturated/α-hetero) is 1. The van der Waals surface area contributed by atoms with Crippen LogP contribution in [0.4, 0.5) is 0 Å². The van der Waals surface area contributed by atoms with E-state index in [1.807, 2.05) is 61.5 Å². The summed E-state index contributed by atoms with van der Waals surface area (Å²) in [5.41, 5.74) is 4.02. The lowest BCUT2D eigenvalue weighted by Crippen LogP contribution is -2.43. The molecule has 1 amide bonds. The van der Waals surface area contributed by atoms with Crippen LogP contribution in [0.15, 0.2) is 78.9 Å². The van der Waals surface area contributed by atoms with Gasteiger partial charge in [0.2, 0.25) is 0 Å². The summed E-state index contributed by atoms with van der Waals surface area (Å²) in [6.07, 6.45) is 1.13. The van der Waals surface area contributed by atoms with Gasteiger partial charge in [-0.2, -0.15) is 0 Å². The Morgan fingerprint density at radius 2 is 1.40 bits per heavy atom. The topological polar surface area (TPSA) is 72.5 Å². The number of ether oxygens (including phenoxy) is 1. The number of nitrogens with one attached hydrogen (secondary N) is 1. The molecule has 0 heterocycles. The van der Waals surface area contributed by atoms with Gasteiger partial charge in [-0.3, -0.25) is 9.59 Å². The number of hydrogen-bond donors (Lipinski definition) is 1. The SMILES string of the molecule is CCc1ccc(C(=O)COC(=O)C(Cc2ccccc2)NC(=O)c2ccc(C(C)(C)C)cc2)cc1. The smallest absolute Gasteiger partial charge is 0.329 e. The Kier molecular flexibility index (Phi) is 8.58. The molecule has 0 aromatic heterocycles. The Bertz CT molecular complexity index is 1140. The van der Waals surface area contributed by atoms with Crippen molar-refractivity contribution < 1.29 is 19.1 Å². The number of amides is 1. The molecule has 0 aliphatic carbocycles. The highest BCUT2D eigenvalue weighted by molar-refractivity contribution is 5.99. The van der Waals surface area contributed by atoms with E-state index in [1.54, 1.807) is 24.3 Å². The zero-order chi connectivity index (χ0) is 25.4. The molecular formula is C30H33NO4. The van der Waals surface area contributed by atoms with E-state index in [-0.39, 0.29) is 30.1 Å². The minimum atomic E-state index is -0.928. The van der Waals surface area contributed by atoms with Gasteiger partial charge in [0.25, 0.3) is 5.91 Å². The molecule has 0 radical (unpaired) electrons. The first-order valence-electron chi connectivity index (χ1n) is 11.9. The minimum Gasteiger partial charge on any atom is -0.456 e. The van der Waals surface area contributed by atoms with E-state index in [4.69, 9.17) is 4.74 Å². The number of esters is 1. The summed E-state index contributed by atoms with van der Waals surface area (Å²) < 4.78 is 5.35. The molecule has 1 atom stereocenters. The molecule has 1 N–H and O–H groups in total. The van der Waals surface area contributed by atoms with Crippen molar-refractivity contribution in [3.05, 3.63) is 107 Å². The highest BCUT2D eigenvalue weighted by Gasteiger charge is 2.25. The van der Waals surface area contributed by atoms with E-state index < -0.39 is 12.0 Å². The van der Waals surface area contributed by atoms with Crippen LogP contribution in [0.5, 0.6) is 0 Å². The summed E-state index contributed by atoms with van der Waals surface area (Å²) in [5.74, 6) is -1.31. The summed E-state index contributed by atoms with van der Waals surface area (Å²) in [7, 11) is 0. The van der Waals surface area contributed by atoms with E-state index in [9.17, 15) is 14.4 Å². The van der Waals surface area contributed by atoms with Crippen LogP contribution in [0.25, 0.3) is 0 Å². The highest BCUT2D eigenvalue weighted by Crippen LogP contribution is 2.22. The zero-order valence-corrected chi connectivity index (χ0v) is 20.8. The molecule has 0 saturated carbocycles. The molecule has 3 aromatic carbocycles. The molecule has 0 aliphatic heterocycles. The minimum absolute atomic E-state index is 0.0297. The molecule has 0 spiro atoms. The number of aryl methyl sites for hydroxylation is 1. The second-order valence-corrected chi connectivity index (χ2v) is 9.62. The average Bonchev–Trinajstić information content (AvgIpc) is 2.86. The molecule has 35 heavy (non-hydrogen) atoms. The first-order chi connectivity index (χ1) is 16.7. The number of rotatable bonds is 9. The quantitative estimate of drug-likeness (QED) is 0.339. The van der Waals surface area contributed by atoms with Crippen molar-refractivity contribution in [2.45, 2.75) is 52.0 Å². The van der Waals surface area contributed by atoms with Gasteiger partial charge in [0.1, 0.15) is 6.04 Å². The van der Waals surface area contributed by atoms with Crippen molar-refractivity contribution in [1.82, 2.24) is 5.32 Å². The third kappa shape index (κ3) is 7.38. The Morgan fingerprint density at radius 3 is 1.97 bits per heavy atom. The predicted molar refractivity (Wildman–Crippen MR) is 138 cm³/mol. The maximum atomic E-state index is 12.9. The zero-order valence-electron chi connectivity index (χ0n) is 20.8. The average molecular weight is 472 g/mol. The first-order valence-corrected chi connectivity index (χ1v) is 11.9. The van der Waals surface area contributed by atoms with Crippen molar-refractivity contribution in [3.63, 3.8) is 0 Å². The van der Waals surface area contributed by atoms with Crippen LogP contribution >= 0.6 is 0 Å². The van der Waals surface area contributed by atoms with Crippen LogP contribution in [-0.2, 0) is 27.8 Å². The van der Waals surface area contributed by atoms with Crippen molar-refractivity contribution in [3.8, 4) is 0 Å². The summed E-state index contributed by atoms with van der Waals surface area (Å²) in [5, 5.41) is 2.79.